The molecule has 23 heavy (non-hydrogen) atoms. The summed E-state index contributed by atoms with van der Waals surface area (Å²) in [6, 6.07) is 6.59. The molecule has 0 unspecified atom stereocenters. The predicted octanol–water partition coefficient (Wildman–Crippen LogP) is 1.75. The molecule has 3 N–H and O–H groups in total. The Morgan fingerprint density at radius 1 is 1.35 bits per heavy atom. The Hall–Kier alpha value is -2.43. The van der Waals surface area contributed by atoms with E-state index in [1.807, 2.05) is 0 Å². The summed E-state index contributed by atoms with van der Waals surface area (Å²) in [5.74, 6) is 3.99. The number of aromatic nitrogens is 3. The third-order valence-electron chi connectivity index (χ3n) is 2.62. The van der Waals surface area contributed by atoms with Crippen LogP contribution in [0.15, 0.2) is 29.4 Å². The molecule has 2 rings (SSSR count). The lowest BCUT2D eigenvalue weighted by Crippen LogP contribution is -2.22. The number of nitrogens with two attached hydrogens (primary N) is 1. The summed E-state index contributed by atoms with van der Waals surface area (Å²) in [6.45, 7) is 0. The van der Waals surface area contributed by atoms with Gasteiger partial charge in [-0.1, -0.05) is 11.8 Å². The lowest BCUT2D eigenvalue weighted by molar-refractivity contribution is -0.146. The molecule has 124 valence electrons. The van der Waals surface area contributed by atoms with E-state index in [-0.39, 0.29) is 10.9 Å². The summed E-state index contributed by atoms with van der Waals surface area (Å²) in [5.41, 5.74) is 0.529. The molecule has 1 aromatic heterocycles. The van der Waals surface area contributed by atoms with Gasteiger partial charge in [-0.15, -0.1) is 10.2 Å². The number of hydrogen-bond acceptors (Lipinski definition) is 6. The maximum atomic E-state index is 12.5. The molecule has 11 heteroatoms. The number of methoxy groups -OCH3 is 1. The van der Waals surface area contributed by atoms with Crippen molar-refractivity contribution in [2.24, 2.45) is 0 Å². The summed E-state index contributed by atoms with van der Waals surface area (Å²) in [7, 11) is 1.52. The molecule has 0 aliphatic carbocycles. The Balaban J connectivity index is 1.93. The van der Waals surface area contributed by atoms with Gasteiger partial charge in [-0.2, -0.15) is 13.2 Å². The van der Waals surface area contributed by atoms with Crippen molar-refractivity contribution in [1.29, 1.82) is 0 Å². The molecule has 0 saturated heterocycles. The standard InChI is InChI=1S/C12H12F3N5O2S/c1-22-8-4-2-7(3-5-8)17-9(21)6-23-11-19-18-10(20(11)16)12(13,14)15/h2-5H,6,16H2,1H3,(H,17,21). The summed E-state index contributed by atoms with van der Waals surface area (Å²) < 4.78 is 42.8. The lowest BCUT2D eigenvalue weighted by Gasteiger charge is -2.07. The van der Waals surface area contributed by atoms with Crippen molar-refractivity contribution in [2.75, 3.05) is 24.0 Å². The predicted molar refractivity (Wildman–Crippen MR) is 77.5 cm³/mol. The van der Waals surface area contributed by atoms with Gasteiger partial charge in [0, 0.05) is 5.69 Å². The summed E-state index contributed by atoms with van der Waals surface area (Å²) in [6.07, 6.45) is -4.70. The lowest BCUT2D eigenvalue weighted by atomic mass is 10.3. The number of alkyl halides is 3. The van der Waals surface area contributed by atoms with Crippen LogP contribution < -0.4 is 15.9 Å². The monoisotopic (exact) mass is 347 g/mol. The number of carbonyl (C=O) groups excluding carboxylic acids is 1. The van der Waals surface area contributed by atoms with E-state index >= 15 is 0 Å². The van der Waals surface area contributed by atoms with Gasteiger partial charge in [0.2, 0.25) is 11.1 Å². The Morgan fingerprint density at radius 2 is 2.00 bits per heavy atom. The van der Waals surface area contributed by atoms with Crippen LogP contribution in [0.1, 0.15) is 5.82 Å². The highest BCUT2D eigenvalue weighted by Crippen LogP contribution is 2.28. The molecule has 0 saturated carbocycles. The summed E-state index contributed by atoms with van der Waals surface area (Å²) >= 11 is 0.747. The number of benzene rings is 1. The van der Waals surface area contributed by atoms with Crippen LogP contribution in [-0.2, 0) is 11.0 Å². The molecule has 2 aromatic rings. The first-order valence-electron chi connectivity index (χ1n) is 6.15. The minimum absolute atomic E-state index is 0.167. The fourth-order valence-corrected chi connectivity index (χ4v) is 2.23. The molecule has 0 aliphatic heterocycles. The zero-order chi connectivity index (χ0) is 17.0. The molecule has 0 bridgehead atoms. The van der Waals surface area contributed by atoms with Gasteiger partial charge in [0.05, 0.1) is 12.9 Å². The minimum atomic E-state index is -4.70. The third kappa shape index (κ3) is 4.28. The van der Waals surface area contributed by atoms with Gasteiger partial charge in [0.1, 0.15) is 5.75 Å². The van der Waals surface area contributed by atoms with Crippen molar-refractivity contribution in [3.63, 3.8) is 0 Å². The van der Waals surface area contributed by atoms with E-state index in [0.717, 1.165) is 11.8 Å². The van der Waals surface area contributed by atoms with Crippen LogP contribution in [0.5, 0.6) is 5.75 Å². The van der Waals surface area contributed by atoms with E-state index in [1.165, 1.54) is 7.11 Å². The third-order valence-corrected chi connectivity index (χ3v) is 3.57. The topological polar surface area (TPSA) is 95.1 Å². The molecule has 0 spiro atoms. The molecule has 0 fully saturated rings. The molecule has 0 aliphatic rings. The number of carbonyl (C=O) groups is 1. The van der Waals surface area contributed by atoms with Crippen molar-refractivity contribution in [1.82, 2.24) is 14.9 Å². The summed E-state index contributed by atoms with van der Waals surface area (Å²) in [4.78, 5) is 11.8. The molecule has 0 radical (unpaired) electrons. The van der Waals surface area contributed by atoms with E-state index < -0.39 is 17.9 Å². The quantitative estimate of drug-likeness (QED) is 0.632. The Morgan fingerprint density at radius 3 is 2.52 bits per heavy atom. The van der Waals surface area contributed by atoms with E-state index in [4.69, 9.17) is 10.6 Å². The first-order chi connectivity index (χ1) is 10.8. The molecule has 1 heterocycles. The smallest absolute Gasteiger partial charge is 0.453 e. The maximum Gasteiger partial charge on any atom is 0.453 e. The van der Waals surface area contributed by atoms with E-state index in [2.05, 4.69) is 15.5 Å². The van der Waals surface area contributed by atoms with E-state index in [1.54, 1.807) is 24.3 Å². The fraction of sp³-hybridized carbons (Fsp3) is 0.250. The Bertz CT molecular complexity index is 687. The number of ether oxygens (including phenoxy) is 1. The van der Waals surface area contributed by atoms with Crippen molar-refractivity contribution >= 4 is 23.4 Å². The van der Waals surface area contributed by atoms with Crippen LogP contribution in [0.3, 0.4) is 0 Å². The Labute approximate surface area is 133 Å². The van der Waals surface area contributed by atoms with Gasteiger partial charge in [-0.25, -0.2) is 4.68 Å². The first-order valence-corrected chi connectivity index (χ1v) is 7.14. The van der Waals surface area contributed by atoms with E-state index in [9.17, 15) is 18.0 Å². The molecule has 0 atom stereocenters. The van der Waals surface area contributed by atoms with Gasteiger partial charge >= 0.3 is 6.18 Å². The van der Waals surface area contributed by atoms with Crippen LogP contribution in [0.2, 0.25) is 0 Å². The second kappa shape index (κ2) is 6.77. The van der Waals surface area contributed by atoms with Crippen molar-refractivity contribution in [2.45, 2.75) is 11.3 Å². The van der Waals surface area contributed by atoms with Gasteiger partial charge in [-0.3, -0.25) is 4.79 Å². The molecule has 1 amide bonds. The largest absolute Gasteiger partial charge is 0.497 e. The second-order valence-electron chi connectivity index (χ2n) is 4.24. The van der Waals surface area contributed by atoms with Gasteiger partial charge in [0.15, 0.2) is 0 Å². The molecular formula is C12H12F3N5O2S. The zero-order valence-corrected chi connectivity index (χ0v) is 12.6. The Kier molecular flexibility index (Phi) is 4.98. The maximum absolute atomic E-state index is 12.5. The number of nitrogen functional groups attached to an aromatic ring is 1. The minimum Gasteiger partial charge on any atom is -0.497 e. The van der Waals surface area contributed by atoms with Crippen LogP contribution in [-0.4, -0.2) is 33.6 Å². The fourth-order valence-electron chi connectivity index (χ4n) is 1.57. The van der Waals surface area contributed by atoms with Crippen molar-refractivity contribution in [3.8, 4) is 5.75 Å². The number of hydrogen-bond donors (Lipinski definition) is 2. The normalized spacial score (nSPS) is 11.3. The van der Waals surface area contributed by atoms with Gasteiger partial charge in [0.25, 0.3) is 5.82 Å². The highest BCUT2D eigenvalue weighted by molar-refractivity contribution is 7.99. The van der Waals surface area contributed by atoms with Gasteiger partial charge < -0.3 is 15.9 Å². The van der Waals surface area contributed by atoms with Crippen molar-refractivity contribution in [3.05, 3.63) is 30.1 Å². The highest BCUT2D eigenvalue weighted by atomic mass is 32.2. The number of amides is 1. The summed E-state index contributed by atoms with van der Waals surface area (Å²) in [5, 5.41) is 8.66. The highest BCUT2D eigenvalue weighted by Gasteiger charge is 2.38. The number of anilines is 1. The number of thioether (sulfide) groups is 1. The first kappa shape index (κ1) is 16.9. The number of nitrogens with zero attached hydrogens (tertiary/aromatic N) is 3. The van der Waals surface area contributed by atoms with Gasteiger partial charge in [-0.05, 0) is 24.3 Å². The average molecular weight is 347 g/mol. The van der Waals surface area contributed by atoms with Crippen LogP contribution in [0, 0.1) is 0 Å². The van der Waals surface area contributed by atoms with Crippen LogP contribution in [0.4, 0.5) is 18.9 Å². The van der Waals surface area contributed by atoms with Crippen LogP contribution >= 0.6 is 11.8 Å². The zero-order valence-electron chi connectivity index (χ0n) is 11.8. The molecular weight excluding hydrogens is 335 g/mol. The second-order valence-corrected chi connectivity index (χ2v) is 5.18. The van der Waals surface area contributed by atoms with Crippen molar-refractivity contribution < 1.29 is 22.7 Å². The number of halogens is 3. The number of rotatable bonds is 5. The van der Waals surface area contributed by atoms with Crippen LogP contribution in [0.25, 0.3) is 0 Å². The molecule has 1 aromatic carbocycles. The average Bonchev–Trinajstić information content (AvgIpc) is 2.87. The SMILES string of the molecule is COc1ccc(NC(=O)CSc2nnc(C(F)(F)F)n2N)cc1. The number of nitrogens with one attached hydrogen (secondary N) is 1. The molecule has 7 nitrogen and oxygen atoms in total. The van der Waals surface area contributed by atoms with E-state index in [0.29, 0.717) is 16.1 Å².